The average molecular weight is 122 g/mol. The summed E-state index contributed by atoms with van der Waals surface area (Å²) in [5.74, 6) is 0. The fraction of sp³-hybridized carbons (Fsp3) is 1.00. The van der Waals surface area contributed by atoms with Gasteiger partial charge in [-0.1, -0.05) is 0 Å². The second-order valence-electron chi connectivity index (χ2n) is 0.884. The molecule has 0 aromatic carbocycles. The predicted octanol–water partition coefficient (Wildman–Crippen LogP) is 0.854. The van der Waals surface area contributed by atoms with E-state index >= 15 is 0 Å². The maximum Gasteiger partial charge on any atom is 0.239 e. The summed E-state index contributed by atoms with van der Waals surface area (Å²) in [5.41, 5.74) is 0. The SMILES string of the molecule is COC(OC)P=O. The zero-order valence-corrected chi connectivity index (χ0v) is 5.14. The van der Waals surface area contributed by atoms with Gasteiger partial charge in [-0.2, -0.15) is 0 Å². The molecule has 7 heavy (non-hydrogen) atoms. The summed E-state index contributed by atoms with van der Waals surface area (Å²) in [5, 5.41) is 0. The van der Waals surface area contributed by atoms with E-state index < -0.39 is 6.03 Å². The van der Waals surface area contributed by atoms with Crippen LogP contribution in [0.2, 0.25) is 0 Å². The van der Waals surface area contributed by atoms with Gasteiger partial charge >= 0.3 is 0 Å². The number of methoxy groups -OCH3 is 2. The van der Waals surface area contributed by atoms with E-state index in [1.165, 1.54) is 14.2 Å². The molecule has 0 saturated carbocycles. The van der Waals surface area contributed by atoms with Gasteiger partial charge in [0, 0.05) is 14.2 Å². The van der Waals surface area contributed by atoms with Crippen molar-refractivity contribution >= 4 is 8.46 Å². The van der Waals surface area contributed by atoms with Gasteiger partial charge < -0.3 is 9.47 Å². The Morgan fingerprint density at radius 1 is 1.43 bits per heavy atom. The van der Waals surface area contributed by atoms with E-state index in [0.29, 0.717) is 0 Å². The van der Waals surface area contributed by atoms with E-state index in [1.54, 1.807) is 0 Å². The minimum atomic E-state index is -0.597. The van der Waals surface area contributed by atoms with Gasteiger partial charge in [0.05, 0.1) is 0 Å². The summed E-state index contributed by atoms with van der Waals surface area (Å²) in [6.07, 6.45) is 0. The Balaban J connectivity index is 3.16. The summed E-state index contributed by atoms with van der Waals surface area (Å²) in [4.78, 5) is 0. The van der Waals surface area contributed by atoms with E-state index in [4.69, 9.17) is 0 Å². The minimum absolute atomic E-state index is 0.135. The van der Waals surface area contributed by atoms with Crippen LogP contribution in [-0.4, -0.2) is 20.3 Å². The second-order valence-corrected chi connectivity index (χ2v) is 1.52. The van der Waals surface area contributed by atoms with E-state index in [0.717, 1.165) is 0 Å². The maximum absolute atomic E-state index is 9.81. The number of rotatable bonds is 3. The predicted molar refractivity (Wildman–Crippen MR) is 25.4 cm³/mol. The lowest BCUT2D eigenvalue weighted by atomic mass is 11.3. The van der Waals surface area contributed by atoms with E-state index in [2.05, 4.69) is 9.47 Å². The van der Waals surface area contributed by atoms with Gasteiger partial charge in [0.2, 0.25) is 14.5 Å². The molecule has 3 nitrogen and oxygen atoms in total. The zero-order valence-electron chi connectivity index (χ0n) is 4.25. The lowest BCUT2D eigenvalue weighted by Gasteiger charge is -2.00. The van der Waals surface area contributed by atoms with Crippen molar-refractivity contribution in [1.82, 2.24) is 0 Å². The van der Waals surface area contributed by atoms with Crippen LogP contribution in [0.25, 0.3) is 0 Å². The average Bonchev–Trinajstić information content (AvgIpc) is 1.72. The van der Waals surface area contributed by atoms with Crippen LogP contribution in [0, 0.1) is 0 Å². The third kappa shape index (κ3) is 2.68. The van der Waals surface area contributed by atoms with Crippen molar-refractivity contribution in [3.63, 3.8) is 0 Å². The molecule has 0 fully saturated rings. The number of hydrogen-bond donors (Lipinski definition) is 0. The summed E-state index contributed by atoms with van der Waals surface area (Å²) < 4.78 is 18.8. The number of ether oxygens (including phenoxy) is 2. The van der Waals surface area contributed by atoms with Crippen LogP contribution in [0.15, 0.2) is 0 Å². The molecule has 0 atom stereocenters. The third-order valence-corrected chi connectivity index (χ3v) is 1.08. The van der Waals surface area contributed by atoms with Crippen molar-refractivity contribution in [3.8, 4) is 0 Å². The molecule has 4 heteroatoms. The second kappa shape index (κ2) is 4.19. The minimum Gasteiger partial charge on any atom is -0.346 e. The first-order valence-corrected chi connectivity index (χ1v) is 2.61. The van der Waals surface area contributed by atoms with E-state index in [1.807, 2.05) is 0 Å². The molecule has 0 radical (unpaired) electrons. The molecule has 0 aromatic rings. The fourth-order valence-corrected chi connectivity index (χ4v) is 0.354. The summed E-state index contributed by atoms with van der Waals surface area (Å²) in [6, 6.07) is -0.597. The molecule has 0 heterocycles. The molecule has 0 N–H and O–H groups in total. The monoisotopic (exact) mass is 122 g/mol. The first kappa shape index (κ1) is 7.02. The summed E-state index contributed by atoms with van der Waals surface area (Å²) in [6.45, 7) is 0. The maximum atomic E-state index is 9.81. The van der Waals surface area contributed by atoms with Crippen molar-refractivity contribution < 1.29 is 14.0 Å². The van der Waals surface area contributed by atoms with Gasteiger partial charge in [-0.15, -0.1) is 0 Å². The molecule has 42 valence electrons. The summed E-state index contributed by atoms with van der Waals surface area (Å²) in [7, 11) is 2.72. The molecule has 0 rings (SSSR count). The van der Waals surface area contributed by atoms with Gasteiger partial charge in [0.25, 0.3) is 0 Å². The van der Waals surface area contributed by atoms with Gasteiger partial charge in [0.1, 0.15) is 0 Å². The highest BCUT2D eigenvalue weighted by Crippen LogP contribution is 2.05. The van der Waals surface area contributed by atoms with Gasteiger partial charge in [0.15, 0.2) is 0 Å². The molecule has 0 amide bonds. The molecule has 0 bridgehead atoms. The van der Waals surface area contributed by atoms with Crippen LogP contribution in [0.1, 0.15) is 0 Å². The molecule has 0 unspecified atom stereocenters. The Morgan fingerprint density at radius 2 is 1.86 bits per heavy atom. The molecule has 0 aliphatic rings. The zero-order chi connectivity index (χ0) is 5.70. The van der Waals surface area contributed by atoms with Crippen LogP contribution >= 0.6 is 8.46 Å². The lowest BCUT2D eigenvalue weighted by Crippen LogP contribution is -2.02. The molecule has 0 aromatic heterocycles. The number of hydrogen-bond acceptors (Lipinski definition) is 3. The van der Waals surface area contributed by atoms with Crippen molar-refractivity contribution in [3.05, 3.63) is 0 Å². The first-order chi connectivity index (χ1) is 3.35. The van der Waals surface area contributed by atoms with E-state index in [9.17, 15) is 4.57 Å². The Morgan fingerprint density at radius 3 is 1.86 bits per heavy atom. The quantitative estimate of drug-likeness (QED) is 0.411. The van der Waals surface area contributed by atoms with E-state index in [-0.39, 0.29) is 8.46 Å². The van der Waals surface area contributed by atoms with Gasteiger partial charge in [-0.25, -0.2) is 0 Å². The normalized spacial score (nSPS) is 10.7. The molecule has 0 saturated heterocycles. The van der Waals surface area contributed by atoms with Gasteiger partial charge in [-0.3, -0.25) is 4.57 Å². The van der Waals surface area contributed by atoms with Crippen molar-refractivity contribution in [2.24, 2.45) is 0 Å². The van der Waals surface area contributed by atoms with Crippen LogP contribution in [0.4, 0.5) is 0 Å². The highest BCUT2D eigenvalue weighted by molar-refractivity contribution is 7.24. The van der Waals surface area contributed by atoms with Crippen molar-refractivity contribution in [2.75, 3.05) is 14.2 Å². The molecule has 0 spiro atoms. The molecule has 0 aliphatic heterocycles. The summed E-state index contributed by atoms with van der Waals surface area (Å²) >= 11 is 0. The van der Waals surface area contributed by atoms with Crippen LogP contribution in [-0.2, 0) is 14.0 Å². The van der Waals surface area contributed by atoms with Crippen LogP contribution in [0.3, 0.4) is 0 Å². The highest BCUT2D eigenvalue weighted by atomic mass is 31.1. The topological polar surface area (TPSA) is 35.5 Å². The largest absolute Gasteiger partial charge is 0.346 e. The Bertz CT molecular complexity index is 52.1. The smallest absolute Gasteiger partial charge is 0.239 e. The molecular formula is C3H7O3P. The Kier molecular flexibility index (Phi) is 4.20. The fourth-order valence-electron chi connectivity index (χ4n) is 0.182. The molecular weight excluding hydrogens is 115 g/mol. The Labute approximate surface area is 43.8 Å². The van der Waals surface area contributed by atoms with Gasteiger partial charge in [-0.05, 0) is 0 Å². The molecule has 0 aliphatic carbocycles. The van der Waals surface area contributed by atoms with Crippen molar-refractivity contribution in [2.45, 2.75) is 6.03 Å². The lowest BCUT2D eigenvalue weighted by molar-refractivity contribution is -0.0385. The standard InChI is InChI=1S/C3H7O3P/c1-5-3(6-2)7-4/h3H,1-2H3. The third-order valence-electron chi connectivity index (χ3n) is 0.489. The van der Waals surface area contributed by atoms with Crippen LogP contribution < -0.4 is 0 Å². The highest BCUT2D eigenvalue weighted by Gasteiger charge is 1.99. The first-order valence-electron chi connectivity index (χ1n) is 1.73. The van der Waals surface area contributed by atoms with Crippen molar-refractivity contribution in [1.29, 1.82) is 0 Å². The van der Waals surface area contributed by atoms with Crippen LogP contribution in [0.5, 0.6) is 0 Å². The Hall–Kier alpha value is 0.0200.